The Morgan fingerprint density at radius 1 is 0.569 bits per heavy atom. The van der Waals surface area contributed by atoms with Crippen molar-refractivity contribution in [2.24, 2.45) is 11.8 Å². The second kappa shape index (κ2) is 25.6. The van der Waals surface area contributed by atoms with Crippen LogP contribution in [0.2, 0.25) is 0 Å². The molecule has 346 valence electrons. The quantitative estimate of drug-likeness (QED) is 0.0563. The minimum Gasteiger partial charge on any atom is -0.494 e. The highest BCUT2D eigenvalue weighted by atomic mass is 32.1. The van der Waals surface area contributed by atoms with Crippen LogP contribution >= 0.6 is 34.0 Å². The summed E-state index contributed by atoms with van der Waals surface area (Å²) < 4.78 is 56.2. The van der Waals surface area contributed by atoms with Crippen LogP contribution in [0.25, 0.3) is 31.7 Å². The van der Waals surface area contributed by atoms with E-state index in [1.807, 2.05) is 102 Å². The molecule has 0 spiro atoms. The minimum atomic E-state index is -1.37. The summed E-state index contributed by atoms with van der Waals surface area (Å²) in [6, 6.07) is 22.7. The third kappa shape index (κ3) is 15.7. The first kappa shape index (κ1) is 50.2. The topological polar surface area (TPSA) is 145 Å². The number of rotatable bonds is 19. The molecule has 1 aliphatic rings. The molecule has 0 N–H and O–H groups in total. The molecule has 6 aromatic rings. The molecule has 1 fully saturated rings. The molecule has 1 aliphatic carbocycles. The summed E-state index contributed by atoms with van der Waals surface area (Å²) in [5.41, 5.74) is 3.56. The van der Waals surface area contributed by atoms with Crippen LogP contribution in [-0.2, 0) is 14.2 Å². The molecule has 3 heterocycles. The molecule has 0 amide bonds. The fraction of sp³-hybridized carbons (Fsp3) is 0.375. The molecular formula is C48H53F2N3O9S3. The molecule has 1 unspecified atom stereocenters. The fourth-order valence-electron chi connectivity index (χ4n) is 5.31. The van der Waals surface area contributed by atoms with Crippen molar-refractivity contribution in [2.75, 3.05) is 39.8 Å². The molecule has 0 radical (unpaired) electrons. The Morgan fingerprint density at radius 3 is 1.25 bits per heavy atom. The van der Waals surface area contributed by atoms with Gasteiger partial charge in [-0.25, -0.2) is 38.1 Å². The van der Waals surface area contributed by atoms with Gasteiger partial charge in [-0.1, -0.05) is 13.8 Å². The molecule has 7 rings (SSSR count). The van der Waals surface area contributed by atoms with Crippen LogP contribution in [0.5, 0.6) is 17.2 Å². The maximum absolute atomic E-state index is 12.4. The summed E-state index contributed by atoms with van der Waals surface area (Å²) in [4.78, 5) is 48.5. The number of hydrogen-bond acceptors (Lipinski definition) is 15. The highest BCUT2D eigenvalue weighted by Crippen LogP contribution is 2.31. The highest BCUT2D eigenvalue weighted by molar-refractivity contribution is 7.14. The minimum absolute atomic E-state index is 0.0424. The van der Waals surface area contributed by atoms with E-state index in [-0.39, 0.29) is 29.7 Å². The van der Waals surface area contributed by atoms with Gasteiger partial charge in [-0.2, -0.15) is 0 Å². The van der Waals surface area contributed by atoms with Gasteiger partial charge < -0.3 is 28.4 Å². The highest BCUT2D eigenvalue weighted by Gasteiger charge is 2.24. The molecule has 0 saturated heterocycles. The summed E-state index contributed by atoms with van der Waals surface area (Å²) >= 11 is 4.13. The first-order chi connectivity index (χ1) is 31.4. The van der Waals surface area contributed by atoms with Crippen LogP contribution in [0.3, 0.4) is 0 Å². The van der Waals surface area contributed by atoms with Crippen LogP contribution in [-0.4, -0.2) is 84.8 Å². The molecule has 17 heteroatoms. The SMILES string of the molecule is CCOc1ccc(-c2nc(C(=O)OC(C)C(C)C)cs2)cc1.CCOc1ccc(-c2nc(C(=O)OC(CF)CF)cs2)cc1.CCOc1ccc(-c2nc(C(=O)OCC3CC3)cs2)cc1. The molecule has 3 aromatic carbocycles. The zero-order valence-electron chi connectivity index (χ0n) is 37.1. The number of hydrogen-bond donors (Lipinski definition) is 0. The molecule has 1 saturated carbocycles. The number of ether oxygens (including phenoxy) is 6. The maximum Gasteiger partial charge on any atom is 0.358 e. The maximum atomic E-state index is 12.4. The van der Waals surface area contributed by atoms with Crippen molar-refractivity contribution < 1.29 is 51.6 Å². The Hall–Kier alpha value is -5.78. The van der Waals surface area contributed by atoms with Gasteiger partial charge in [-0.15, -0.1) is 34.0 Å². The number of carbonyl (C=O) groups is 3. The standard InChI is InChI=1S/C17H21NO3S.C16H17NO3S.C15H15F2NO3S/c1-5-20-14-8-6-13(7-9-14)16-18-15(10-22-16)17(19)21-12(4)11(2)3;1-2-19-13-7-5-12(6-8-13)15-17-14(10-21-15)16(18)20-9-11-3-4-11;1-2-20-11-5-3-10(4-6-11)14-18-13(9-22-14)15(19)21-12(7-16)8-17/h6-12H,5H2,1-4H3;5-8,10-11H,2-4,9H2,1H3;3-6,9,12H,2,7-8H2,1H3. The van der Waals surface area contributed by atoms with E-state index in [1.54, 1.807) is 22.9 Å². The van der Waals surface area contributed by atoms with E-state index < -0.39 is 25.4 Å². The van der Waals surface area contributed by atoms with Crippen LogP contribution in [0.1, 0.15) is 85.8 Å². The number of halogens is 2. The lowest BCUT2D eigenvalue weighted by Gasteiger charge is -2.15. The van der Waals surface area contributed by atoms with Gasteiger partial charge in [0.1, 0.15) is 51.7 Å². The second-order valence-electron chi connectivity index (χ2n) is 14.7. The van der Waals surface area contributed by atoms with E-state index in [0.29, 0.717) is 48.7 Å². The lowest BCUT2D eigenvalue weighted by molar-refractivity contribution is 0.0166. The molecular weight excluding hydrogens is 897 g/mol. The Kier molecular flexibility index (Phi) is 19.8. The van der Waals surface area contributed by atoms with E-state index in [4.69, 9.17) is 23.7 Å². The predicted molar refractivity (Wildman–Crippen MR) is 250 cm³/mol. The van der Waals surface area contributed by atoms with Crippen LogP contribution in [0.4, 0.5) is 8.78 Å². The third-order valence-electron chi connectivity index (χ3n) is 9.37. The second-order valence-corrected chi connectivity index (χ2v) is 17.3. The summed E-state index contributed by atoms with van der Waals surface area (Å²) in [5, 5.41) is 7.22. The summed E-state index contributed by atoms with van der Waals surface area (Å²) in [7, 11) is 0. The Labute approximate surface area is 389 Å². The number of carbonyl (C=O) groups excluding carboxylic acids is 3. The largest absolute Gasteiger partial charge is 0.494 e. The molecule has 3 aromatic heterocycles. The third-order valence-corrected chi connectivity index (χ3v) is 12.0. The average Bonchev–Trinajstić information content (AvgIpc) is 3.66. The first-order valence-corrected chi connectivity index (χ1v) is 23.9. The van der Waals surface area contributed by atoms with Crippen molar-refractivity contribution in [3.05, 3.63) is 106 Å². The number of benzene rings is 3. The predicted octanol–water partition coefficient (Wildman–Crippen LogP) is 11.9. The Bertz CT molecular complexity index is 2280. The number of alkyl halides is 2. The van der Waals surface area contributed by atoms with Crippen molar-refractivity contribution >= 4 is 51.9 Å². The van der Waals surface area contributed by atoms with E-state index >= 15 is 0 Å². The summed E-state index contributed by atoms with van der Waals surface area (Å²) in [5.74, 6) is 1.75. The lowest BCUT2D eigenvalue weighted by Crippen LogP contribution is -2.22. The van der Waals surface area contributed by atoms with Crippen LogP contribution in [0.15, 0.2) is 88.9 Å². The van der Waals surface area contributed by atoms with E-state index in [9.17, 15) is 23.2 Å². The normalized spacial score (nSPS) is 12.3. The monoisotopic (exact) mass is 949 g/mol. The van der Waals surface area contributed by atoms with Gasteiger partial charge in [0.25, 0.3) is 0 Å². The summed E-state index contributed by atoms with van der Waals surface area (Å²) in [6.45, 7) is 12.0. The molecule has 12 nitrogen and oxygen atoms in total. The average molecular weight is 950 g/mol. The van der Waals surface area contributed by atoms with E-state index in [0.717, 1.165) is 44.0 Å². The number of nitrogens with zero attached hydrogens (tertiary/aromatic N) is 3. The number of thiazole rings is 3. The zero-order valence-corrected chi connectivity index (χ0v) is 39.6. The van der Waals surface area contributed by atoms with E-state index in [1.165, 1.54) is 52.2 Å². The van der Waals surface area contributed by atoms with Gasteiger partial charge in [0.05, 0.1) is 26.4 Å². The van der Waals surface area contributed by atoms with Gasteiger partial charge in [-0.3, -0.25) is 0 Å². The fourth-order valence-corrected chi connectivity index (χ4v) is 7.70. The first-order valence-electron chi connectivity index (χ1n) is 21.2. The van der Waals surface area contributed by atoms with Gasteiger partial charge in [0, 0.05) is 32.8 Å². The Morgan fingerprint density at radius 2 is 0.923 bits per heavy atom. The molecule has 0 bridgehead atoms. The van der Waals surface area contributed by atoms with Gasteiger partial charge >= 0.3 is 17.9 Å². The van der Waals surface area contributed by atoms with Crippen molar-refractivity contribution in [1.82, 2.24) is 15.0 Å². The van der Waals surface area contributed by atoms with Crippen molar-refractivity contribution in [1.29, 1.82) is 0 Å². The van der Waals surface area contributed by atoms with Crippen molar-refractivity contribution in [2.45, 2.75) is 66.6 Å². The summed E-state index contributed by atoms with van der Waals surface area (Å²) in [6.07, 6.45) is 0.843. The van der Waals surface area contributed by atoms with Crippen LogP contribution in [0, 0.1) is 11.8 Å². The van der Waals surface area contributed by atoms with E-state index in [2.05, 4.69) is 19.7 Å². The van der Waals surface area contributed by atoms with Gasteiger partial charge in [0.15, 0.2) is 23.2 Å². The van der Waals surface area contributed by atoms with Gasteiger partial charge in [-0.05, 0) is 125 Å². The lowest BCUT2D eigenvalue weighted by atomic mass is 10.1. The van der Waals surface area contributed by atoms with Crippen molar-refractivity contribution in [3.8, 4) is 49.0 Å². The molecule has 65 heavy (non-hydrogen) atoms. The zero-order chi connectivity index (χ0) is 46.7. The Balaban J connectivity index is 0.000000183. The number of esters is 3. The number of aromatic nitrogens is 3. The van der Waals surface area contributed by atoms with Gasteiger partial charge in [0.2, 0.25) is 0 Å². The molecule has 0 aliphatic heterocycles. The molecule has 1 atom stereocenters. The van der Waals surface area contributed by atoms with Crippen molar-refractivity contribution in [3.63, 3.8) is 0 Å². The smallest absolute Gasteiger partial charge is 0.358 e. The van der Waals surface area contributed by atoms with Crippen LogP contribution < -0.4 is 14.2 Å².